The van der Waals surface area contributed by atoms with Gasteiger partial charge in [-0.05, 0) is 12.8 Å². The zero-order chi connectivity index (χ0) is 7.66. The molecule has 62 valence electrons. The molecule has 0 aliphatic rings. The van der Waals surface area contributed by atoms with Crippen LogP contribution in [0.25, 0.3) is 0 Å². The molecule has 2 nitrogen and oxygen atoms in total. The van der Waals surface area contributed by atoms with E-state index in [0.29, 0.717) is 6.61 Å². The molecule has 0 saturated carbocycles. The van der Waals surface area contributed by atoms with E-state index in [2.05, 4.69) is 15.9 Å². The third-order valence-corrected chi connectivity index (χ3v) is 1.72. The zero-order valence-corrected chi connectivity index (χ0v) is 7.77. The number of hydrogen-bond donors (Lipinski definition) is 1. The van der Waals surface area contributed by atoms with E-state index in [9.17, 15) is 0 Å². The summed E-state index contributed by atoms with van der Waals surface area (Å²) < 4.78 is 5.06. The Morgan fingerprint density at radius 3 is 2.50 bits per heavy atom. The Balaban J connectivity index is 2.65. The Kier molecular flexibility index (Phi) is 9.78. The van der Waals surface area contributed by atoms with Gasteiger partial charge in [-0.15, -0.1) is 0 Å². The minimum absolute atomic E-state index is 0.137. The van der Waals surface area contributed by atoms with Crippen LogP contribution in [0.2, 0.25) is 0 Å². The number of halogens is 1. The highest BCUT2D eigenvalue weighted by atomic mass is 79.9. The van der Waals surface area contributed by atoms with Gasteiger partial charge in [0.25, 0.3) is 0 Å². The molecule has 0 aliphatic carbocycles. The Hall–Kier alpha value is 0.400. The molecule has 0 atom stereocenters. The number of aliphatic hydroxyl groups excluding tert-OH is 1. The van der Waals surface area contributed by atoms with Gasteiger partial charge in [0.1, 0.15) is 0 Å². The molecule has 0 heterocycles. The monoisotopic (exact) mass is 210 g/mol. The summed E-state index contributed by atoms with van der Waals surface area (Å²) in [6.07, 6.45) is 3.52. The molecule has 1 N–H and O–H groups in total. The lowest BCUT2D eigenvalue weighted by molar-refractivity contribution is 0.0898. The van der Waals surface area contributed by atoms with Crippen LogP contribution < -0.4 is 0 Å². The quantitative estimate of drug-likeness (QED) is 0.511. The summed E-state index contributed by atoms with van der Waals surface area (Å²) in [5.74, 6) is 0. The summed E-state index contributed by atoms with van der Waals surface area (Å²) in [5, 5.41) is 9.41. The molecule has 0 aliphatic heterocycles. The number of rotatable bonds is 7. The van der Waals surface area contributed by atoms with Crippen LogP contribution in [0.5, 0.6) is 0 Å². The van der Waals surface area contributed by atoms with E-state index >= 15 is 0 Å². The molecule has 0 aromatic rings. The van der Waals surface area contributed by atoms with Crippen molar-refractivity contribution in [3.05, 3.63) is 0 Å². The van der Waals surface area contributed by atoms with Gasteiger partial charge < -0.3 is 9.84 Å². The molecule has 0 aromatic carbocycles. The maximum absolute atomic E-state index is 8.34. The highest BCUT2D eigenvalue weighted by Crippen LogP contribution is 1.98. The van der Waals surface area contributed by atoms with Crippen molar-refractivity contribution in [1.29, 1.82) is 0 Å². The number of hydrogen-bond acceptors (Lipinski definition) is 2. The number of unbranched alkanes of at least 4 members (excludes halogenated alkanes) is 2. The minimum Gasteiger partial charge on any atom is -0.394 e. The molecule has 0 bridgehead atoms. The number of aliphatic hydroxyl groups is 1. The molecule has 0 aromatic heterocycles. The van der Waals surface area contributed by atoms with Crippen LogP contribution in [0.15, 0.2) is 0 Å². The van der Waals surface area contributed by atoms with E-state index in [0.717, 1.165) is 18.4 Å². The van der Waals surface area contributed by atoms with Crippen molar-refractivity contribution in [2.24, 2.45) is 0 Å². The predicted octanol–water partition coefficient (Wildman–Crippen LogP) is 1.56. The molecule has 0 amide bonds. The molecule has 0 rings (SSSR count). The zero-order valence-electron chi connectivity index (χ0n) is 6.18. The Morgan fingerprint density at radius 2 is 1.90 bits per heavy atom. The van der Waals surface area contributed by atoms with Gasteiger partial charge in [0, 0.05) is 11.9 Å². The van der Waals surface area contributed by atoms with E-state index in [1.165, 1.54) is 12.8 Å². The first kappa shape index (κ1) is 10.4. The third-order valence-electron chi connectivity index (χ3n) is 1.16. The van der Waals surface area contributed by atoms with Crippen LogP contribution >= 0.6 is 15.9 Å². The van der Waals surface area contributed by atoms with E-state index in [4.69, 9.17) is 9.84 Å². The van der Waals surface area contributed by atoms with Gasteiger partial charge in [-0.25, -0.2) is 0 Å². The van der Waals surface area contributed by atoms with Gasteiger partial charge in [-0.1, -0.05) is 22.4 Å². The summed E-state index contributed by atoms with van der Waals surface area (Å²) in [5.41, 5.74) is 0. The molecule has 10 heavy (non-hydrogen) atoms. The van der Waals surface area contributed by atoms with Crippen molar-refractivity contribution in [2.45, 2.75) is 19.3 Å². The third kappa shape index (κ3) is 8.40. The topological polar surface area (TPSA) is 29.5 Å². The molecule has 0 spiro atoms. The van der Waals surface area contributed by atoms with E-state index in [1.807, 2.05) is 0 Å². The Morgan fingerprint density at radius 1 is 1.10 bits per heavy atom. The fourth-order valence-corrected chi connectivity index (χ4v) is 1.04. The molecule has 3 heteroatoms. The van der Waals surface area contributed by atoms with Crippen LogP contribution in [-0.2, 0) is 4.74 Å². The van der Waals surface area contributed by atoms with Gasteiger partial charge in [0.2, 0.25) is 0 Å². The SMILES string of the molecule is OCCOCCCCCBr. The van der Waals surface area contributed by atoms with Gasteiger partial charge in [0.05, 0.1) is 13.2 Å². The second kappa shape index (κ2) is 9.40. The van der Waals surface area contributed by atoms with Gasteiger partial charge in [-0.2, -0.15) is 0 Å². The van der Waals surface area contributed by atoms with Gasteiger partial charge in [-0.3, -0.25) is 0 Å². The molecule has 0 fully saturated rings. The molecule has 0 unspecified atom stereocenters. The fraction of sp³-hybridized carbons (Fsp3) is 1.00. The normalized spacial score (nSPS) is 10.2. The van der Waals surface area contributed by atoms with Crippen molar-refractivity contribution in [2.75, 3.05) is 25.2 Å². The lowest BCUT2D eigenvalue weighted by Crippen LogP contribution is -2.00. The lowest BCUT2D eigenvalue weighted by Gasteiger charge is -1.99. The number of ether oxygens (including phenoxy) is 1. The van der Waals surface area contributed by atoms with Crippen molar-refractivity contribution in [3.8, 4) is 0 Å². The summed E-state index contributed by atoms with van der Waals surface area (Å²) in [4.78, 5) is 0. The van der Waals surface area contributed by atoms with Crippen molar-refractivity contribution >= 4 is 15.9 Å². The molecular formula is C7H15BrO2. The first-order valence-electron chi connectivity index (χ1n) is 3.66. The summed E-state index contributed by atoms with van der Waals surface area (Å²) >= 11 is 3.35. The highest BCUT2D eigenvalue weighted by Gasteiger charge is 1.87. The Bertz CT molecular complexity index is 51.6. The van der Waals surface area contributed by atoms with E-state index in [-0.39, 0.29) is 6.61 Å². The standard InChI is InChI=1S/C7H15BrO2/c8-4-2-1-3-6-10-7-5-9/h9H,1-7H2. The largest absolute Gasteiger partial charge is 0.394 e. The average Bonchev–Trinajstić information content (AvgIpc) is 1.97. The van der Waals surface area contributed by atoms with Crippen LogP contribution in [0.3, 0.4) is 0 Å². The van der Waals surface area contributed by atoms with Crippen molar-refractivity contribution in [3.63, 3.8) is 0 Å². The van der Waals surface area contributed by atoms with Crippen LogP contribution in [0.1, 0.15) is 19.3 Å². The summed E-state index contributed by atoms with van der Waals surface area (Å²) in [7, 11) is 0. The fourth-order valence-electron chi connectivity index (χ4n) is 0.642. The van der Waals surface area contributed by atoms with Crippen LogP contribution in [-0.4, -0.2) is 30.3 Å². The first-order chi connectivity index (χ1) is 4.91. The smallest absolute Gasteiger partial charge is 0.0697 e. The minimum atomic E-state index is 0.137. The second-order valence-corrected chi connectivity index (χ2v) is 2.88. The van der Waals surface area contributed by atoms with Crippen molar-refractivity contribution < 1.29 is 9.84 Å². The van der Waals surface area contributed by atoms with Crippen molar-refractivity contribution in [1.82, 2.24) is 0 Å². The summed E-state index contributed by atoms with van der Waals surface area (Å²) in [6, 6.07) is 0. The lowest BCUT2D eigenvalue weighted by atomic mass is 10.3. The van der Waals surface area contributed by atoms with E-state index < -0.39 is 0 Å². The molecule has 0 radical (unpaired) electrons. The Labute approximate surface area is 70.7 Å². The van der Waals surface area contributed by atoms with Gasteiger partial charge in [0.15, 0.2) is 0 Å². The first-order valence-corrected chi connectivity index (χ1v) is 4.78. The van der Waals surface area contributed by atoms with Crippen LogP contribution in [0, 0.1) is 0 Å². The van der Waals surface area contributed by atoms with Gasteiger partial charge >= 0.3 is 0 Å². The highest BCUT2D eigenvalue weighted by molar-refractivity contribution is 9.09. The number of alkyl halides is 1. The van der Waals surface area contributed by atoms with E-state index in [1.54, 1.807) is 0 Å². The van der Waals surface area contributed by atoms with Crippen LogP contribution in [0.4, 0.5) is 0 Å². The molecular weight excluding hydrogens is 196 g/mol. The summed E-state index contributed by atoms with van der Waals surface area (Å²) in [6.45, 7) is 1.40. The predicted molar refractivity (Wildman–Crippen MR) is 45.5 cm³/mol. The maximum Gasteiger partial charge on any atom is 0.0697 e. The second-order valence-electron chi connectivity index (χ2n) is 2.09. The maximum atomic E-state index is 8.34. The average molecular weight is 211 g/mol. The molecule has 0 saturated heterocycles.